The highest BCUT2D eigenvalue weighted by Gasteiger charge is 2.14. The van der Waals surface area contributed by atoms with E-state index >= 15 is 0 Å². The van der Waals surface area contributed by atoms with E-state index in [1.165, 1.54) is 6.07 Å². The van der Waals surface area contributed by atoms with Crippen molar-refractivity contribution in [2.24, 2.45) is 5.92 Å². The van der Waals surface area contributed by atoms with Crippen molar-refractivity contribution in [1.29, 1.82) is 0 Å². The SMILES string of the molecule is CC(C)CC(=O)Nc1ccc(NC(=O)c2cc(Cl)sc2Cl)cc1. The van der Waals surface area contributed by atoms with Gasteiger partial charge in [0.05, 0.1) is 9.90 Å². The molecule has 1 aromatic carbocycles. The molecule has 0 atom stereocenters. The Labute approximate surface area is 148 Å². The van der Waals surface area contributed by atoms with Crippen molar-refractivity contribution in [3.05, 3.63) is 44.6 Å². The first-order valence-electron chi connectivity index (χ1n) is 7.01. The molecule has 0 spiro atoms. The minimum Gasteiger partial charge on any atom is -0.326 e. The van der Waals surface area contributed by atoms with Crippen LogP contribution in [0.2, 0.25) is 8.67 Å². The van der Waals surface area contributed by atoms with E-state index in [1.54, 1.807) is 24.3 Å². The van der Waals surface area contributed by atoms with Crippen LogP contribution in [0.4, 0.5) is 11.4 Å². The van der Waals surface area contributed by atoms with Crippen molar-refractivity contribution >= 4 is 57.7 Å². The van der Waals surface area contributed by atoms with Gasteiger partial charge in [-0.25, -0.2) is 0 Å². The van der Waals surface area contributed by atoms with Gasteiger partial charge in [0.1, 0.15) is 4.34 Å². The van der Waals surface area contributed by atoms with Gasteiger partial charge < -0.3 is 10.6 Å². The van der Waals surface area contributed by atoms with Crippen LogP contribution in [0.1, 0.15) is 30.6 Å². The highest BCUT2D eigenvalue weighted by molar-refractivity contribution is 7.20. The van der Waals surface area contributed by atoms with E-state index in [0.29, 0.717) is 37.9 Å². The van der Waals surface area contributed by atoms with Gasteiger partial charge in [-0.2, -0.15) is 0 Å². The Kier molecular flexibility index (Phi) is 6.04. The van der Waals surface area contributed by atoms with Gasteiger partial charge in [0, 0.05) is 17.8 Å². The maximum atomic E-state index is 12.1. The quantitative estimate of drug-likeness (QED) is 0.750. The minimum atomic E-state index is -0.324. The van der Waals surface area contributed by atoms with E-state index in [1.807, 2.05) is 13.8 Å². The van der Waals surface area contributed by atoms with Gasteiger partial charge in [-0.05, 0) is 36.2 Å². The maximum absolute atomic E-state index is 12.1. The van der Waals surface area contributed by atoms with Crippen LogP contribution in [0.25, 0.3) is 0 Å². The van der Waals surface area contributed by atoms with Crippen LogP contribution in [-0.4, -0.2) is 11.8 Å². The van der Waals surface area contributed by atoms with Crippen LogP contribution in [0.15, 0.2) is 30.3 Å². The zero-order chi connectivity index (χ0) is 17.0. The van der Waals surface area contributed by atoms with Gasteiger partial charge in [-0.15, -0.1) is 11.3 Å². The second-order valence-corrected chi connectivity index (χ2v) is 7.70. The third-order valence-electron chi connectivity index (χ3n) is 2.92. The van der Waals surface area contributed by atoms with E-state index in [9.17, 15) is 9.59 Å². The summed E-state index contributed by atoms with van der Waals surface area (Å²) in [5, 5.41) is 5.55. The molecule has 2 N–H and O–H groups in total. The zero-order valence-corrected chi connectivity index (χ0v) is 15.0. The molecule has 0 fully saturated rings. The van der Waals surface area contributed by atoms with E-state index < -0.39 is 0 Å². The Hall–Kier alpha value is -1.56. The summed E-state index contributed by atoms with van der Waals surface area (Å²) in [6, 6.07) is 8.42. The summed E-state index contributed by atoms with van der Waals surface area (Å²) < 4.78 is 0.813. The predicted octanol–water partition coefficient (Wildman–Crippen LogP) is 5.29. The second kappa shape index (κ2) is 7.81. The molecule has 122 valence electrons. The van der Waals surface area contributed by atoms with E-state index in [0.717, 1.165) is 11.3 Å². The molecule has 0 unspecified atom stereocenters. The van der Waals surface area contributed by atoms with Crippen LogP contribution < -0.4 is 10.6 Å². The van der Waals surface area contributed by atoms with Crippen LogP contribution in [0.5, 0.6) is 0 Å². The van der Waals surface area contributed by atoms with E-state index in [2.05, 4.69) is 10.6 Å². The van der Waals surface area contributed by atoms with Gasteiger partial charge in [0.25, 0.3) is 5.91 Å². The number of amides is 2. The van der Waals surface area contributed by atoms with Crippen LogP contribution in [0.3, 0.4) is 0 Å². The topological polar surface area (TPSA) is 58.2 Å². The molecule has 0 aliphatic heterocycles. The summed E-state index contributed by atoms with van der Waals surface area (Å²) in [4.78, 5) is 23.8. The Morgan fingerprint density at radius 1 is 1.09 bits per heavy atom. The summed E-state index contributed by atoms with van der Waals surface area (Å²) in [7, 11) is 0. The van der Waals surface area contributed by atoms with Crippen molar-refractivity contribution in [3.8, 4) is 0 Å². The van der Waals surface area contributed by atoms with Gasteiger partial charge >= 0.3 is 0 Å². The van der Waals surface area contributed by atoms with Crippen LogP contribution in [0, 0.1) is 5.92 Å². The largest absolute Gasteiger partial charge is 0.326 e. The molecule has 4 nitrogen and oxygen atoms in total. The van der Waals surface area contributed by atoms with E-state index in [4.69, 9.17) is 23.2 Å². The van der Waals surface area contributed by atoms with Crippen molar-refractivity contribution in [2.75, 3.05) is 10.6 Å². The van der Waals surface area contributed by atoms with Gasteiger partial charge in [0.2, 0.25) is 5.91 Å². The lowest BCUT2D eigenvalue weighted by atomic mass is 10.1. The summed E-state index contributed by atoms with van der Waals surface area (Å²) in [6.07, 6.45) is 0.468. The standard InChI is InChI=1S/C16H16Cl2N2O2S/c1-9(2)7-14(21)19-10-3-5-11(6-4-10)20-16(22)12-8-13(17)23-15(12)18/h3-6,8-9H,7H2,1-2H3,(H,19,21)(H,20,22). The number of rotatable bonds is 5. The monoisotopic (exact) mass is 370 g/mol. The van der Waals surface area contributed by atoms with E-state index in [-0.39, 0.29) is 11.8 Å². The molecule has 23 heavy (non-hydrogen) atoms. The van der Waals surface area contributed by atoms with Crippen molar-refractivity contribution in [2.45, 2.75) is 20.3 Å². The average Bonchev–Trinajstić information content (AvgIpc) is 2.79. The highest BCUT2D eigenvalue weighted by Crippen LogP contribution is 2.31. The number of carbonyl (C=O) groups excluding carboxylic acids is 2. The van der Waals surface area contributed by atoms with Crippen LogP contribution >= 0.6 is 34.5 Å². The number of benzene rings is 1. The number of thiophene rings is 1. The van der Waals surface area contributed by atoms with Gasteiger partial charge in [-0.3, -0.25) is 9.59 Å². The molecule has 7 heteroatoms. The van der Waals surface area contributed by atoms with Gasteiger partial charge in [-0.1, -0.05) is 37.0 Å². The molecule has 2 aromatic rings. The maximum Gasteiger partial charge on any atom is 0.258 e. The molecule has 2 amide bonds. The Bertz CT molecular complexity index is 711. The molecule has 1 aromatic heterocycles. The number of anilines is 2. The van der Waals surface area contributed by atoms with Crippen LogP contribution in [-0.2, 0) is 4.79 Å². The lowest BCUT2D eigenvalue weighted by Gasteiger charge is -2.09. The first kappa shape index (κ1) is 17.8. The number of hydrogen-bond acceptors (Lipinski definition) is 3. The summed E-state index contributed by atoms with van der Waals surface area (Å²) >= 11 is 12.9. The molecular weight excluding hydrogens is 355 g/mol. The minimum absolute atomic E-state index is 0.0310. The fourth-order valence-corrected chi connectivity index (χ4v) is 3.37. The molecule has 0 radical (unpaired) electrons. The Morgan fingerprint density at radius 2 is 1.65 bits per heavy atom. The lowest BCUT2D eigenvalue weighted by Crippen LogP contribution is -2.14. The summed E-state index contributed by atoms with van der Waals surface area (Å²) in [5.74, 6) is -0.0537. The number of hydrogen-bond donors (Lipinski definition) is 2. The van der Waals surface area contributed by atoms with Crippen molar-refractivity contribution < 1.29 is 9.59 Å². The third kappa shape index (κ3) is 5.23. The lowest BCUT2D eigenvalue weighted by molar-refractivity contribution is -0.116. The molecule has 0 aliphatic carbocycles. The molecule has 0 bridgehead atoms. The smallest absolute Gasteiger partial charge is 0.258 e. The molecule has 2 rings (SSSR count). The number of nitrogens with one attached hydrogen (secondary N) is 2. The van der Waals surface area contributed by atoms with Crippen molar-refractivity contribution in [1.82, 2.24) is 0 Å². The zero-order valence-electron chi connectivity index (χ0n) is 12.7. The molecule has 0 saturated heterocycles. The van der Waals surface area contributed by atoms with Crippen molar-refractivity contribution in [3.63, 3.8) is 0 Å². The molecule has 1 heterocycles. The first-order valence-corrected chi connectivity index (χ1v) is 8.58. The molecular formula is C16H16Cl2N2O2S. The predicted molar refractivity (Wildman–Crippen MR) is 96.8 cm³/mol. The van der Waals surface area contributed by atoms with Gasteiger partial charge in [0.15, 0.2) is 0 Å². The third-order valence-corrected chi connectivity index (χ3v) is 4.41. The average molecular weight is 371 g/mol. The first-order chi connectivity index (χ1) is 10.8. The molecule has 0 aliphatic rings. The Balaban J connectivity index is 1.98. The Morgan fingerprint density at radius 3 is 2.13 bits per heavy atom. The fourth-order valence-electron chi connectivity index (χ4n) is 1.91. The molecule has 0 saturated carbocycles. The fraction of sp³-hybridized carbons (Fsp3) is 0.250. The summed E-state index contributed by atoms with van der Waals surface area (Å²) in [5.41, 5.74) is 1.64. The normalized spacial score (nSPS) is 10.7. The summed E-state index contributed by atoms with van der Waals surface area (Å²) in [6.45, 7) is 3.97. The number of halogens is 2. The number of carbonyl (C=O) groups is 2. The highest BCUT2D eigenvalue weighted by atomic mass is 35.5. The second-order valence-electron chi connectivity index (χ2n) is 5.42.